The molecule has 8 nitrogen and oxygen atoms in total. The van der Waals surface area contributed by atoms with Crippen LogP contribution in [0.2, 0.25) is 0 Å². The third-order valence-electron chi connectivity index (χ3n) is 5.26. The van der Waals surface area contributed by atoms with Crippen LogP contribution in [0.25, 0.3) is 0 Å². The highest BCUT2D eigenvalue weighted by atomic mass is 17.3. The normalized spacial score (nSPS) is 11.2. The summed E-state index contributed by atoms with van der Waals surface area (Å²) >= 11 is 0. The summed E-state index contributed by atoms with van der Waals surface area (Å²) in [6, 6.07) is 13.1. The lowest BCUT2D eigenvalue weighted by Crippen LogP contribution is -2.37. The molecule has 8 heteroatoms. The van der Waals surface area contributed by atoms with Crippen LogP contribution < -0.4 is 9.47 Å². The Hall–Kier alpha value is -3.10. The van der Waals surface area contributed by atoms with Gasteiger partial charge in [0, 0.05) is 5.41 Å². The molecule has 2 rings (SSSR count). The Labute approximate surface area is 181 Å². The van der Waals surface area contributed by atoms with Gasteiger partial charge in [-0.1, -0.05) is 45.0 Å². The lowest BCUT2D eigenvalue weighted by molar-refractivity contribution is -0.445. The van der Waals surface area contributed by atoms with Crippen molar-refractivity contribution in [1.29, 1.82) is 0 Å². The number of para-hydroxylation sites is 2. The number of hydrogen-bond acceptors (Lipinski definition) is 8. The van der Waals surface area contributed by atoms with Crippen molar-refractivity contribution in [2.24, 2.45) is 5.41 Å². The fourth-order valence-electron chi connectivity index (χ4n) is 2.72. The second kappa shape index (κ2) is 11.3. The molecule has 0 aliphatic rings. The summed E-state index contributed by atoms with van der Waals surface area (Å²) < 4.78 is 10.3. The highest BCUT2D eigenvalue weighted by Gasteiger charge is 2.37. The predicted molar refractivity (Wildman–Crippen MR) is 111 cm³/mol. The molecule has 0 aromatic heterocycles. The van der Waals surface area contributed by atoms with E-state index in [1.165, 1.54) is 14.2 Å². The monoisotopic (exact) mass is 432 g/mol. The Morgan fingerprint density at radius 2 is 1.16 bits per heavy atom. The Morgan fingerprint density at radius 3 is 1.52 bits per heavy atom. The first-order valence-corrected chi connectivity index (χ1v) is 9.91. The fourth-order valence-corrected chi connectivity index (χ4v) is 2.72. The summed E-state index contributed by atoms with van der Waals surface area (Å²) in [5.41, 5.74) is -0.240. The van der Waals surface area contributed by atoms with E-state index >= 15 is 0 Å². The quantitative estimate of drug-likeness (QED) is 0.286. The standard InChI is InChI=1S/C23H28O8/c1-6-23(3,7-2)22(30-28-20(24)16-12-8-10-14-18(16)26-4)31-29-21(25)17-13-9-11-15-19(17)27-5/h8-15,22H,6-7H2,1-5H3. The minimum Gasteiger partial charge on any atom is -0.496 e. The Bertz CT molecular complexity index is 812. The number of benzene rings is 2. The van der Waals surface area contributed by atoms with E-state index in [4.69, 9.17) is 29.0 Å². The number of hydrogen-bond donors (Lipinski definition) is 0. The molecular formula is C23H28O8. The van der Waals surface area contributed by atoms with Crippen LogP contribution >= 0.6 is 0 Å². The van der Waals surface area contributed by atoms with Crippen LogP contribution in [0.15, 0.2) is 48.5 Å². The SMILES string of the molecule is CCC(C)(CC)C(OOC(=O)c1ccccc1OC)OOC(=O)c1ccccc1OC. The average Bonchev–Trinajstić information content (AvgIpc) is 2.82. The van der Waals surface area contributed by atoms with E-state index in [1.807, 2.05) is 20.8 Å². The largest absolute Gasteiger partial charge is 0.496 e. The van der Waals surface area contributed by atoms with Crippen LogP contribution in [0.4, 0.5) is 0 Å². The molecule has 2 aromatic rings. The van der Waals surface area contributed by atoms with Crippen LogP contribution in [-0.2, 0) is 19.6 Å². The summed E-state index contributed by atoms with van der Waals surface area (Å²) in [4.78, 5) is 45.6. The number of carbonyl (C=O) groups is 2. The Balaban J connectivity index is 2.12. The lowest BCUT2D eigenvalue weighted by atomic mass is 9.84. The summed E-state index contributed by atoms with van der Waals surface area (Å²) in [6.07, 6.45) is 0.0407. The van der Waals surface area contributed by atoms with Gasteiger partial charge in [-0.05, 0) is 37.1 Å². The molecule has 2 aromatic carbocycles. The van der Waals surface area contributed by atoms with Gasteiger partial charge in [-0.15, -0.1) is 9.78 Å². The molecule has 0 fully saturated rings. The summed E-state index contributed by atoms with van der Waals surface area (Å²) in [7, 11) is 2.89. The molecule has 0 amide bonds. The lowest BCUT2D eigenvalue weighted by Gasteiger charge is -2.32. The van der Waals surface area contributed by atoms with Crippen molar-refractivity contribution in [1.82, 2.24) is 0 Å². The molecule has 0 spiro atoms. The highest BCUT2D eigenvalue weighted by molar-refractivity contribution is 5.92. The van der Waals surface area contributed by atoms with Gasteiger partial charge in [-0.3, -0.25) is 9.78 Å². The topological polar surface area (TPSA) is 89.5 Å². The highest BCUT2D eigenvalue weighted by Crippen LogP contribution is 2.34. The second-order valence-electron chi connectivity index (χ2n) is 7.03. The van der Waals surface area contributed by atoms with E-state index in [9.17, 15) is 9.59 Å². The van der Waals surface area contributed by atoms with Crippen molar-refractivity contribution in [2.75, 3.05) is 14.2 Å². The average molecular weight is 432 g/mol. The number of rotatable bonds is 11. The first-order chi connectivity index (χ1) is 14.9. The van der Waals surface area contributed by atoms with Gasteiger partial charge < -0.3 is 9.47 Å². The molecule has 0 saturated heterocycles. The maximum absolute atomic E-state index is 12.5. The zero-order valence-electron chi connectivity index (χ0n) is 18.4. The molecule has 0 aliphatic carbocycles. The van der Waals surface area contributed by atoms with Crippen LogP contribution in [0.1, 0.15) is 54.3 Å². The third kappa shape index (κ3) is 5.96. The van der Waals surface area contributed by atoms with Crippen molar-refractivity contribution >= 4 is 11.9 Å². The van der Waals surface area contributed by atoms with Gasteiger partial charge in [-0.2, -0.15) is 0 Å². The number of carbonyl (C=O) groups excluding carboxylic acids is 2. The summed E-state index contributed by atoms with van der Waals surface area (Å²) in [5, 5.41) is 0. The minimum absolute atomic E-state index is 0.185. The molecule has 0 bridgehead atoms. The third-order valence-corrected chi connectivity index (χ3v) is 5.26. The van der Waals surface area contributed by atoms with Gasteiger partial charge in [0.25, 0.3) is 6.29 Å². The van der Waals surface area contributed by atoms with Crippen molar-refractivity contribution in [3.8, 4) is 11.5 Å². The van der Waals surface area contributed by atoms with Crippen molar-refractivity contribution in [3.63, 3.8) is 0 Å². The van der Waals surface area contributed by atoms with Crippen molar-refractivity contribution < 1.29 is 38.6 Å². The smallest absolute Gasteiger partial charge is 0.376 e. The maximum Gasteiger partial charge on any atom is 0.376 e. The zero-order valence-corrected chi connectivity index (χ0v) is 18.4. The number of ether oxygens (including phenoxy) is 2. The molecule has 168 valence electrons. The Kier molecular flexibility index (Phi) is 8.84. The van der Waals surface area contributed by atoms with E-state index < -0.39 is 23.6 Å². The van der Waals surface area contributed by atoms with Crippen molar-refractivity contribution in [3.05, 3.63) is 59.7 Å². The van der Waals surface area contributed by atoms with Crippen LogP contribution in [0.5, 0.6) is 11.5 Å². The van der Waals surface area contributed by atoms with Gasteiger partial charge in [0.15, 0.2) is 0 Å². The molecule has 0 saturated carbocycles. The van der Waals surface area contributed by atoms with E-state index in [0.29, 0.717) is 24.3 Å². The second-order valence-corrected chi connectivity index (χ2v) is 7.03. The fraction of sp³-hybridized carbons (Fsp3) is 0.391. The molecule has 0 N–H and O–H groups in total. The molecule has 0 unspecified atom stereocenters. The molecular weight excluding hydrogens is 404 g/mol. The molecule has 0 atom stereocenters. The van der Waals surface area contributed by atoms with Crippen LogP contribution in [0.3, 0.4) is 0 Å². The van der Waals surface area contributed by atoms with Gasteiger partial charge in [0.1, 0.15) is 22.6 Å². The number of methoxy groups -OCH3 is 2. The molecule has 0 radical (unpaired) electrons. The van der Waals surface area contributed by atoms with Crippen LogP contribution in [-0.4, -0.2) is 32.4 Å². The van der Waals surface area contributed by atoms with Gasteiger partial charge in [0.2, 0.25) is 0 Å². The van der Waals surface area contributed by atoms with E-state index in [1.54, 1.807) is 48.5 Å². The van der Waals surface area contributed by atoms with E-state index in [-0.39, 0.29) is 11.1 Å². The summed E-state index contributed by atoms with van der Waals surface area (Å²) in [5.74, 6) is -0.858. The molecule has 0 heterocycles. The first kappa shape index (κ1) is 24.2. The van der Waals surface area contributed by atoms with Gasteiger partial charge >= 0.3 is 11.9 Å². The van der Waals surface area contributed by atoms with Gasteiger partial charge in [0.05, 0.1) is 14.2 Å². The minimum atomic E-state index is -1.17. The van der Waals surface area contributed by atoms with Gasteiger partial charge in [-0.25, -0.2) is 9.59 Å². The molecule has 0 aliphatic heterocycles. The predicted octanol–water partition coefficient (Wildman–Crippen LogP) is 4.73. The summed E-state index contributed by atoms with van der Waals surface area (Å²) in [6.45, 7) is 5.71. The zero-order chi connectivity index (χ0) is 22.9. The van der Waals surface area contributed by atoms with Crippen molar-refractivity contribution in [2.45, 2.75) is 39.9 Å². The Morgan fingerprint density at radius 1 is 0.774 bits per heavy atom. The van der Waals surface area contributed by atoms with E-state index in [2.05, 4.69) is 0 Å². The molecule has 31 heavy (non-hydrogen) atoms. The first-order valence-electron chi connectivity index (χ1n) is 9.91. The maximum atomic E-state index is 12.5. The van der Waals surface area contributed by atoms with E-state index in [0.717, 1.165) is 0 Å². The van der Waals surface area contributed by atoms with Crippen LogP contribution in [0, 0.1) is 5.41 Å².